The van der Waals surface area contributed by atoms with Gasteiger partial charge in [-0.25, -0.2) is 4.79 Å². The molecule has 1 N–H and O–H groups in total. The van der Waals surface area contributed by atoms with Crippen LogP contribution in [-0.2, 0) is 4.74 Å². The summed E-state index contributed by atoms with van der Waals surface area (Å²) in [5.74, 6) is -0.486. The summed E-state index contributed by atoms with van der Waals surface area (Å²) in [6.07, 6.45) is 0. The van der Waals surface area contributed by atoms with E-state index in [-0.39, 0.29) is 0 Å². The van der Waals surface area contributed by atoms with Crippen LogP contribution < -0.4 is 0 Å². The van der Waals surface area contributed by atoms with E-state index >= 15 is 0 Å². The van der Waals surface area contributed by atoms with Gasteiger partial charge in [0.15, 0.2) is 6.79 Å². The van der Waals surface area contributed by atoms with Gasteiger partial charge in [-0.15, -0.1) is 0 Å². The van der Waals surface area contributed by atoms with Crippen LogP contribution in [0.15, 0.2) is 18.2 Å². The van der Waals surface area contributed by atoms with Crippen molar-refractivity contribution in [1.82, 2.24) is 0 Å². The predicted octanol–water partition coefficient (Wildman–Crippen LogP) is 1.41. The number of carbonyl (C=O) groups is 1. The van der Waals surface area contributed by atoms with E-state index in [0.29, 0.717) is 5.56 Å². The Labute approximate surface area is 77.0 Å². The molecule has 0 unspecified atom stereocenters. The van der Waals surface area contributed by atoms with Gasteiger partial charge in [-0.1, -0.05) is 17.7 Å². The van der Waals surface area contributed by atoms with Crippen molar-refractivity contribution in [2.45, 2.75) is 13.8 Å². The Hall–Kier alpha value is -1.35. The molecule has 70 valence electrons. The lowest BCUT2D eigenvalue weighted by molar-refractivity contribution is 0.00677. The molecule has 0 aromatic heterocycles. The van der Waals surface area contributed by atoms with Crippen molar-refractivity contribution in [3.05, 3.63) is 34.9 Å². The van der Waals surface area contributed by atoms with Crippen molar-refractivity contribution in [3.8, 4) is 0 Å². The van der Waals surface area contributed by atoms with Gasteiger partial charge in [-0.05, 0) is 25.5 Å². The minimum absolute atomic E-state index is 0.486. The third kappa shape index (κ3) is 2.29. The maximum absolute atomic E-state index is 11.2. The average Bonchev–Trinajstić information content (AvgIpc) is 2.04. The largest absolute Gasteiger partial charge is 0.435 e. The molecule has 0 radical (unpaired) electrons. The van der Waals surface area contributed by atoms with Crippen LogP contribution in [0.1, 0.15) is 21.5 Å². The fourth-order valence-corrected chi connectivity index (χ4v) is 1.18. The van der Waals surface area contributed by atoms with E-state index in [9.17, 15) is 4.79 Å². The number of ether oxygens (including phenoxy) is 1. The van der Waals surface area contributed by atoms with Crippen LogP contribution in [0, 0.1) is 13.8 Å². The third-order valence-electron chi connectivity index (χ3n) is 1.80. The number of aliphatic hydroxyl groups is 1. The minimum Gasteiger partial charge on any atom is -0.435 e. The Balaban J connectivity index is 2.95. The smallest absolute Gasteiger partial charge is 0.340 e. The van der Waals surface area contributed by atoms with E-state index in [0.717, 1.165) is 11.1 Å². The molecule has 0 aliphatic rings. The third-order valence-corrected chi connectivity index (χ3v) is 1.80. The highest BCUT2D eigenvalue weighted by Gasteiger charge is 2.08. The molecule has 13 heavy (non-hydrogen) atoms. The van der Waals surface area contributed by atoms with Crippen LogP contribution >= 0.6 is 0 Å². The van der Waals surface area contributed by atoms with Crippen molar-refractivity contribution in [3.63, 3.8) is 0 Å². The van der Waals surface area contributed by atoms with E-state index in [4.69, 9.17) is 5.11 Å². The van der Waals surface area contributed by atoms with Crippen LogP contribution in [0.4, 0.5) is 0 Å². The second-order valence-corrected chi connectivity index (χ2v) is 2.88. The quantitative estimate of drug-likeness (QED) is 0.553. The molecule has 0 saturated carbocycles. The maximum atomic E-state index is 11.2. The number of hydrogen-bond acceptors (Lipinski definition) is 3. The van der Waals surface area contributed by atoms with Crippen molar-refractivity contribution in [1.29, 1.82) is 0 Å². The summed E-state index contributed by atoms with van der Waals surface area (Å²) in [5, 5.41) is 8.40. The summed E-state index contributed by atoms with van der Waals surface area (Å²) in [7, 11) is 0. The lowest BCUT2D eigenvalue weighted by Crippen LogP contribution is -2.07. The monoisotopic (exact) mass is 180 g/mol. The fourth-order valence-electron chi connectivity index (χ4n) is 1.18. The summed E-state index contributed by atoms with van der Waals surface area (Å²) in [5.41, 5.74) is 2.45. The molecule has 0 atom stereocenters. The number of carbonyl (C=O) groups excluding carboxylic acids is 1. The fraction of sp³-hybridized carbons (Fsp3) is 0.300. The molecule has 0 aliphatic carbocycles. The van der Waals surface area contributed by atoms with Crippen LogP contribution in [0.25, 0.3) is 0 Å². The average molecular weight is 180 g/mol. The van der Waals surface area contributed by atoms with Gasteiger partial charge in [0.25, 0.3) is 0 Å². The first-order valence-electron chi connectivity index (χ1n) is 4.00. The van der Waals surface area contributed by atoms with Gasteiger partial charge in [0.1, 0.15) is 0 Å². The van der Waals surface area contributed by atoms with E-state index in [1.807, 2.05) is 26.0 Å². The highest BCUT2D eigenvalue weighted by Crippen LogP contribution is 2.11. The number of hydrogen-bond donors (Lipinski definition) is 1. The highest BCUT2D eigenvalue weighted by atomic mass is 16.6. The van der Waals surface area contributed by atoms with E-state index in [2.05, 4.69) is 4.74 Å². The van der Waals surface area contributed by atoms with Crippen LogP contribution in [0.5, 0.6) is 0 Å². The molecule has 0 aliphatic heterocycles. The molecule has 1 rings (SSSR count). The molecular formula is C10H12O3. The Morgan fingerprint density at radius 2 is 2.15 bits per heavy atom. The Morgan fingerprint density at radius 3 is 2.69 bits per heavy atom. The molecule has 0 fully saturated rings. The first-order chi connectivity index (χ1) is 6.15. The molecule has 0 bridgehead atoms. The van der Waals surface area contributed by atoms with E-state index < -0.39 is 12.8 Å². The Kier molecular flexibility index (Phi) is 3.03. The van der Waals surface area contributed by atoms with E-state index in [1.54, 1.807) is 6.07 Å². The summed E-state index contributed by atoms with van der Waals surface area (Å²) < 4.78 is 4.47. The zero-order valence-electron chi connectivity index (χ0n) is 7.70. The van der Waals surface area contributed by atoms with Crippen molar-refractivity contribution < 1.29 is 14.6 Å². The predicted molar refractivity (Wildman–Crippen MR) is 48.4 cm³/mol. The summed E-state index contributed by atoms with van der Waals surface area (Å²) >= 11 is 0. The molecule has 0 saturated heterocycles. The van der Waals surface area contributed by atoms with Crippen LogP contribution in [0.3, 0.4) is 0 Å². The van der Waals surface area contributed by atoms with Crippen molar-refractivity contribution in [2.75, 3.05) is 6.79 Å². The number of aryl methyl sites for hydroxylation is 2. The zero-order chi connectivity index (χ0) is 9.84. The van der Waals surface area contributed by atoms with Gasteiger partial charge in [-0.3, -0.25) is 0 Å². The molecule has 3 nitrogen and oxygen atoms in total. The van der Waals surface area contributed by atoms with E-state index in [1.165, 1.54) is 0 Å². The molecule has 0 spiro atoms. The van der Waals surface area contributed by atoms with Gasteiger partial charge >= 0.3 is 5.97 Å². The van der Waals surface area contributed by atoms with Gasteiger partial charge in [0.2, 0.25) is 0 Å². The van der Waals surface area contributed by atoms with Gasteiger partial charge in [-0.2, -0.15) is 0 Å². The maximum Gasteiger partial charge on any atom is 0.340 e. The topological polar surface area (TPSA) is 46.5 Å². The number of esters is 1. The molecule has 0 heterocycles. The second-order valence-electron chi connectivity index (χ2n) is 2.88. The zero-order valence-corrected chi connectivity index (χ0v) is 7.70. The van der Waals surface area contributed by atoms with Crippen molar-refractivity contribution in [2.24, 2.45) is 0 Å². The first kappa shape index (κ1) is 9.74. The molecule has 1 aromatic rings. The highest BCUT2D eigenvalue weighted by molar-refractivity contribution is 5.91. The summed E-state index contributed by atoms with van der Waals surface area (Å²) in [4.78, 5) is 11.2. The lowest BCUT2D eigenvalue weighted by Gasteiger charge is -2.04. The number of rotatable bonds is 2. The summed E-state index contributed by atoms with van der Waals surface area (Å²) in [6, 6.07) is 5.43. The molecular weight excluding hydrogens is 168 g/mol. The molecule has 3 heteroatoms. The molecule has 0 amide bonds. The lowest BCUT2D eigenvalue weighted by atomic mass is 10.1. The number of aliphatic hydroxyl groups excluding tert-OH is 1. The first-order valence-corrected chi connectivity index (χ1v) is 4.00. The Bertz CT molecular complexity index is 318. The molecule has 1 aromatic carbocycles. The van der Waals surface area contributed by atoms with Gasteiger partial charge < -0.3 is 9.84 Å². The van der Waals surface area contributed by atoms with Gasteiger partial charge in [0, 0.05) is 0 Å². The second kappa shape index (κ2) is 4.05. The van der Waals surface area contributed by atoms with Gasteiger partial charge in [0.05, 0.1) is 5.56 Å². The summed E-state index contributed by atoms with van der Waals surface area (Å²) in [6.45, 7) is 3.21. The standard InChI is InChI=1S/C10H12O3/c1-7-3-4-9(8(2)5-7)10(12)13-6-11/h3-5,11H,6H2,1-2H3. The SMILES string of the molecule is Cc1ccc(C(=O)OCO)c(C)c1. The van der Waals surface area contributed by atoms with Crippen LogP contribution in [0.2, 0.25) is 0 Å². The van der Waals surface area contributed by atoms with Crippen LogP contribution in [-0.4, -0.2) is 17.9 Å². The minimum atomic E-state index is -0.577. The number of benzene rings is 1. The normalized spacial score (nSPS) is 9.77. The Morgan fingerprint density at radius 1 is 1.46 bits per heavy atom. The van der Waals surface area contributed by atoms with Crippen molar-refractivity contribution >= 4 is 5.97 Å².